The molecule has 1 heterocycles. The number of carbonyl (C=O) groups is 2. The molecule has 0 bridgehead atoms. The molecule has 1 aromatic rings. The molecule has 1 aliphatic carbocycles. The van der Waals surface area contributed by atoms with Gasteiger partial charge in [-0.15, -0.1) is 0 Å². The highest BCUT2D eigenvalue weighted by Gasteiger charge is 2.35. The molecule has 1 aromatic carbocycles. The van der Waals surface area contributed by atoms with Gasteiger partial charge in [-0.1, -0.05) is 18.2 Å². The fourth-order valence-electron chi connectivity index (χ4n) is 2.35. The molecular formula is C15H18N2O3. The van der Waals surface area contributed by atoms with Gasteiger partial charge >= 0.3 is 6.09 Å². The maximum atomic E-state index is 12.0. The molecule has 0 unspecified atom stereocenters. The van der Waals surface area contributed by atoms with Gasteiger partial charge in [0.05, 0.1) is 0 Å². The number of rotatable bonds is 2. The van der Waals surface area contributed by atoms with Gasteiger partial charge < -0.3 is 14.5 Å². The van der Waals surface area contributed by atoms with E-state index in [1.165, 1.54) is 0 Å². The van der Waals surface area contributed by atoms with Crippen LogP contribution in [0, 0.1) is 5.92 Å². The lowest BCUT2D eigenvalue weighted by atomic mass is 10.3. The van der Waals surface area contributed by atoms with Crippen molar-refractivity contribution in [3.8, 4) is 5.75 Å². The number of benzene rings is 1. The second-order valence-corrected chi connectivity index (χ2v) is 5.27. The van der Waals surface area contributed by atoms with Gasteiger partial charge in [0.2, 0.25) is 5.91 Å². The summed E-state index contributed by atoms with van der Waals surface area (Å²) in [5.41, 5.74) is 0. The Bertz CT molecular complexity index is 491. The van der Waals surface area contributed by atoms with E-state index in [1.807, 2.05) is 23.1 Å². The Morgan fingerprint density at radius 1 is 0.950 bits per heavy atom. The molecule has 0 radical (unpaired) electrons. The first-order valence-corrected chi connectivity index (χ1v) is 7.04. The maximum absolute atomic E-state index is 12.0. The van der Waals surface area contributed by atoms with Gasteiger partial charge in [-0.2, -0.15) is 0 Å². The van der Waals surface area contributed by atoms with E-state index < -0.39 is 0 Å². The summed E-state index contributed by atoms with van der Waals surface area (Å²) in [7, 11) is 0. The quantitative estimate of drug-likeness (QED) is 0.825. The van der Waals surface area contributed by atoms with Crippen LogP contribution in [0.2, 0.25) is 0 Å². The van der Waals surface area contributed by atoms with Gasteiger partial charge in [-0.05, 0) is 25.0 Å². The van der Waals surface area contributed by atoms with Crippen LogP contribution in [0.5, 0.6) is 5.75 Å². The molecule has 5 heteroatoms. The lowest BCUT2D eigenvalue weighted by molar-refractivity contribution is -0.134. The molecule has 5 nitrogen and oxygen atoms in total. The lowest BCUT2D eigenvalue weighted by Gasteiger charge is -2.34. The number of hydrogen-bond acceptors (Lipinski definition) is 3. The number of amides is 2. The molecule has 1 aliphatic heterocycles. The van der Waals surface area contributed by atoms with Gasteiger partial charge in [0.15, 0.2) is 0 Å². The number of piperazine rings is 1. The number of carbonyl (C=O) groups excluding carboxylic acids is 2. The lowest BCUT2D eigenvalue weighted by Crippen LogP contribution is -2.51. The Morgan fingerprint density at radius 2 is 1.55 bits per heavy atom. The molecule has 0 spiro atoms. The average Bonchev–Trinajstić information content (AvgIpc) is 3.32. The predicted octanol–water partition coefficient (Wildman–Crippen LogP) is 1.74. The van der Waals surface area contributed by atoms with Gasteiger partial charge in [-0.25, -0.2) is 4.79 Å². The maximum Gasteiger partial charge on any atom is 0.415 e. The molecule has 2 fully saturated rings. The van der Waals surface area contributed by atoms with Crippen LogP contribution in [0.15, 0.2) is 30.3 Å². The van der Waals surface area contributed by atoms with Crippen molar-refractivity contribution in [1.29, 1.82) is 0 Å². The van der Waals surface area contributed by atoms with Crippen LogP contribution < -0.4 is 4.74 Å². The zero-order valence-corrected chi connectivity index (χ0v) is 11.3. The first-order valence-electron chi connectivity index (χ1n) is 7.04. The van der Waals surface area contributed by atoms with E-state index in [0.717, 1.165) is 12.8 Å². The van der Waals surface area contributed by atoms with Crippen LogP contribution in [0.25, 0.3) is 0 Å². The fourth-order valence-corrected chi connectivity index (χ4v) is 2.35. The highest BCUT2D eigenvalue weighted by molar-refractivity contribution is 5.81. The molecule has 1 saturated carbocycles. The van der Waals surface area contributed by atoms with Crippen LogP contribution in [0.4, 0.5) is 4.79 Å². The van der Waals surface area contributed by atoms with E-state index in [0.29, 0.717) is 31.9 Å². The van der Waals surface area contributed by atoms with Crippen LogP contribution >= 0.6 is 0 Å². The fraction of sp³-hybridized carbons (Fsp3) is 0.467. The van der Waals surface area contributed by atoms with Crippen molar-refractivity contribution in [2.24, 2.45) is 5.92 Å². The number of para-hydroxylation sites is 1. The molecule has 1 saturated heterocycles. The largest absolute Gasteiger partial charge is 0.415 e. The second kappa shape index (κ2) is 5.53. The van der Waals surface area contributed by atoms with Gasteiger partial charge in [-0.3, -0.25) is 4.79 Å². The Kier molecular flexibility index (Phi) is 3.58. The van der Waals surface area contributed by atoms with E-state index in [-0.39, 0.29) is 17.9 Å². The van der Waals surface area contributed by atoms with Crippen molar-refractivity contribution in [2.75, 3.05) is 26.2 Å². The minimum atomic E-state index is -0.338. The van der Waals surface area contributed by atoms with Crippen molar-refractivity contribution >= 4 is 12.0 Å². The molecule has 0 atom stereocenters. The zero-order valence-electron chi connectivity index (χ0n) is 11.3. The molecule has 2 amide bonds. The summed E-state index contributed by atoms with van der Waals surface area (Å²) in [4.78, 5) is 27.4. The third-order valence-electron chi connectivity index (χ3n) is 3.72. The Hall–Kier alpha value is -2.04. The predicted molar refractivity (Wildman–Crippen MR) is 73.3 cm³/mol. The third-order valence-corrected chi connectivity index (χ3v) is 3.72. The smallest absolute Gasteiger partial charge is 0.410 e. The average molecular weight is 274 g/mol. The van der Waals surface area contributed by atoms with Gasteiger partial charge in [0, 0.05) is 32.1 Å². The van der Waals surface area contributed by atoms with Crippen molar-refractivity contribution in [3.63, 3.8) is 0 Å². The molecule has 0 N–H and O–H groups in total. The van der Waals surface area contributed by atoms with Crippen LogP contribution in [-0.4, -0.2) is 48.0 Å². The second-order valence-electron chi connectivity index (χ2n) is 5.27. The molecule has 20 heavy (non-hydrogen) atoms. The van der Waals surface area contributed by atoms with Gasteiger partial charge in [0.25, 0.3) is 0 Å². The SMILES string of the molecule is O=C(Oc1ccccc1)N1CCN(C(=O)C2CC2)CC1. The zero-order chi connectivity index (χ0) is 13.9. The van der Waals surface area contributed by atoms with E-state index in [1.54, 1.807) is 17.0 Å². The van der Waals surface area contributed by atoms with Crippen molar-refractivity contribution in [3.05, 3.63) is 30.3 Å². The molecular weight excluding hydrogens is 256 g/mol. The molecule has 0 aromatic heterocycles. The van der Waals surface area contributed by atoms with Crippen LogP contribution in [0.3, 0.4) is 0 Å². The minimum Gasteiger partial charge on any atom is -0.410 e. The molecule has 106 valence electrons. The normalized spacial score (nSPS) is 18.8. The summed E-state index contributed by atoms with van der Waals surface area (Å²) in [6, 6.07) is 9.04. The Labute approximate surface area is 118 Å². The van der Waals surface area contributed by atoms with E-state index in [2.05, 4.69) is 0 Å². The Balaban J connectivity index is 1.50. The van der Waals surface area contributed by atoms with Crippen LogP contribution in [0.1, 0.15) is 12.8 Å². The summed E-state index contributed by atoms with van der Waals surface area (Å²) in [6.45, 7) is 2.31. The van der Waals surface area contributed by atoms with E-state index in [9.17, 15) is 9.59 Å². The standard InChI is InChI=1S/C15H18N2O3/c18-14(12-6-7-12)16-8-10-17(11-9-16)15(19)20-13-4-2-1-3-5-13/h1-5,12H,6-11H2. The van der Waals surface area contributed by atoms with E-state index >= 15 is 0 Å². The van der Waals surface area contributed by atoms with Crippen LogP contribution in [-0.2, 0) is 4.79 Å². The number of hydrogen-bond donors (Lipinski definition) is 0. The first kappa shape index (κ1) is 13.0. The van der Waals surface area contributed by atoms with E-state index in [4.69, 9.17) is 4.74 Å². The summed E-state index contributed by atoms with van der Waals surface area (Å²) >= 11 is 0. The molecule has 2 aliphatic rings. The van der Waals surface area contributed by atoms with Crippen molar-refractivity contribution in [1.82, 2.24) is 9.80 Å². The highest BCUT2D eigenvalue weighted by atomic mass is 16.6. The Morgan fingerprint density at radius 3 is 2.15 bits per heavy atom. The number of nitrogens with zero attached hydrogens (tertiary/aromatic N) is 2. The summed E-state index contributed by atoms with van der Waals surface area (Å²) < 4.78 is 5.29. The molecule has 3 rings (SSSR count). The summed E-state index contributed by atoms with van der Waals surface area (Å²) in [5.74, 6) is 1.05. The van der Waals surface area contributed by atoms with Gasteiger partial charge in [0.1, 0.15) is 5.75 Å². The number of ether oxygens (including phenoxy) is 1. The van der Waals surface area contributed by atoms with Crippen molar-refractivity contribution in [2.45, 2.75) is 12.8 Å². The van der Waals surface area contributed by atoms with Crippen molar-refractivity contribution < 1.29 is 14.3 Å². The first-order chi connectivity index (χ1) is 9.74. The topological polar surface area (TPSA) is 49.9 Å². The minimum absolute atomic E-state index is 0.248. The summed E-state index contributed by atoms with van der Waals surface area (Å²) in [6.07, 6.45) is 1.71. The third kappa shape index (κ3) is 2.92. The summed E-state index contributed by atoms with van der Waals surface area (Å²) in [5, 5.41) is 0. The monoisotopic (exact) mass is 274 g/mol. The highest BCUT2D eigenvalue weighted by Crippen LogP contribution is 2.31.